The van der Waals surface area contributed by atoms with Crippen LogP contribution in [0.1, 0.15) is 5.82 Å². The van der Waals surface area contributed by atoms with Crippen molar-refractivity contribution in [3.05, 3.63) is 72.3 Å². The number of hydrogen-bond donors (Lipinski definition) is 0. The topological polar surface area (TPSA) is 38.7 Å². The monoisotopic (exact) mass is 313 g/mol. The maximum atomic E-state index is 4.45. The van der Waals surface area contributed by atoms with Crippen LogP contribution in [0.3, 0.4) is 0 Å². The molecule has 0 saturated heterocycles. The van der Waals surface area contributed by atoms with Crippen LogP contribution in [0.2, 0.25) is 0 Å². The van der Waals surface area contributed by atoms with Crippen molar-refractivity contribution in [3.63, 3.8) is 0 Å². The fraction of sp³-hybridized carbons (Fsp3) is 0. The molecular weight excluding hydrogens is 302 g/mol. The number of aromatic nitrogens is 3. The Labute approximate surface area is 120 Å². The first-order valence-corrected chi connectivity index (χ1v) is 6.46. The van der Waals surface area contributed by atoms with Crippen LogP contribution in [-0.2, 0) is 0 Å². The summed E-state index contributed by atoms with van der Waals surface area (Å²) in [6, 6.07) is 9.75. The number of rotatable bonds is 4. The number of nitrogens with zero attached hydrogens (tertiary/aromatic N) is 3. The van der Waals surface area contributed by atoms with Gasteiger partial charge in [0.2, 0.25) is 4.73 Å². The van der Waals surface area contributed by atoms with E-state index < -0.39 is 0 Å². The Bertz CT molecular complexity index is 633. The van der Waals surface area contributed by atoms with Gasteiger partial charge in [-0.25, -0.2) is 15.0 Å². The van der Waals surface area contributed by atoms with Crippen molar-refractivity contribution in [2.75, 3.05) is 0 Å². The summed E-state index contributed by atoms with van der Waals surface area (Å²) >= 11 is 3.31. The van der Waals surface area contributed by atoms with Crippen molar-refractivity contribution in [3.8, 4) is 11.4 Å². The van der Waals surface area contributed by atoms with E-state index in [0.29, 0.717) is 16.4 Å². The fourth-order valence-corrected chi connectivity index (χ4v) is 1.89. The Morgan fingerprint density at radius 3 is 2.42 bits per heavy atom. The summed E-state index contributed by atoms with van der Waals surface area (Å²) in [5, 5.41) is 0. The van der Waals surface area contributed by atoms with Crippen molar-refractivity contribution < 1.29 is 0 Å². The van der Waals surface area contributed by atoms with Crippen molar-refractivity contribution in [1.29, 1.82) is 0 Å². The Morgan fingerprint density at radius 1 is 1.05 bits per heavy atom. The molecule has 94 valence electrons. The standard InChI is InChI=1S/C15H12BrN3/c1-3-8-11(4-2)13-17-14(19-15(16)18-13)12-9-6-5-7-10-12/h3-10H,1-2H2/b11-8+. The lowest BCUT2D eigenvalue weighted by atomic mass is 10.2. The minimum absolute atomic E-state index is 0.494. The lowest BCUT2D eigenvalue weighted by molar-refractivity contribution is 0.994. The molecule has 0 saturated carbocycles. The van der Waals surface area contributed by atoms with Crippen LogP contribution in [0.5, 0.6) is 0 Å². The Kier molecular flexibility index (Phi) is 4.36. The van der Waals surface area contributed by atoms with Gasteiger partial charge in [-0.3, -0.25) is 0 Å². The molecule has 1 aromatic carbocycles. The highest BCUT2D eigenvalue weighted by Gasteiger charge is 2.08. The Morgan fingerprint density at radius 2 is 1.79 bits per heavy atom. The highest BCUT2D eigenvalue weighted by molar-refractivity contribution is 9.10. The van der Waals surface area contributed by atoms with Crippen LogP contribution in [-0.4, -0.2) is 15.0 Å². The first-order valence-electron chi connectivity index (χ1n) is 5.67. The van der Waals surface area contributed by atoms with Gasteiger partial charge in [0.25, 0.3) is 0 Å². The predicted molar refractivity (Wildman–Crippen MR) is 81.3 cm³/mol. The number of halogens is 1. The minimum Gasteiger partial charge on any atom is -0.208 e. The molecule has 0 spiro atoms. The SMILES string of the molecule is C=C/C=C(\C=C)c1nc(Br)nc(-c2ccccc2)n1. The molecule has 2 aromatic rings. The summed E-state index contributed by atoms with van der Waals surface area (Å²) in [7, 11) is 0. The summed E-state index contributed by atoms with van der Waals surface area (Å²) in [5.41, 5.74) is 1.74. The molecule has 1 aromatic heterocycles. The molecular formula is C15H12BrN3. The van der Waals surface area contributed by atoms with Gasteiger partial charge in [0.05, 0.1) is 0 Å². The van der Waals surface area contributed by atoms with E-state index in [4.69, 9.17) is 0 Å². The van der Waals surface area contributed by atoms with Gasteiger partial charge in [0, 0.05) is 11.1 Å². The van der Waals surface area contributed by atoms with Gasteiger partial charge in [-0.2, -0.15) is 0 Å². The van der Waals surface area contributed by atoms with E-state index in [9.17, 15) is 0 Å². The van der Waals surface area contributed by atoms with E-state index >= 15 is 0 Å². The van der Waals surface area contributed by atoms with Crippen molar-refractivity contribution in [2.45, 2.75) is 0 Å². The molecule has 0 amide bonds. The zero-order valence-electron chi connectivity index (χ0n) is 10.3. The van der Waals surface area contributed by atoms with Crippen LogP contribution < -0.4 is 0 Å². The summed E-state index contributed by atoms with van der Waals surface area (Å²) in [6.07, 6.45) is 5.18. The zero-order chi connectivity index (χ0) is 13.7. The average Bonchev–Trinajstić information content (AvgIpc) is 2.45. The third-order valence-corrected chi connectivity index (χ3v) is 2.77. The van der Waals surface area contributed by atoms with Crippen molar-refractivity contribution in [1.82, 2.24) is 15.0 Å². The molecule has 1 heterocycles. The predicted octanol–water partition coefficient (Wildman–Crippen LogP) is 4.06. The Hall–Kier alpha value is -2.07. The van der Waals surface area contributed by atoms with Crippen LogP contribution >= 0.6 is 15.9 Å². The third kappa shape index (κ3) is 3.23. The quantitative estimate of drug-likeness (QED) is 0.799. The number of benzene rings is 1. The lowest BCUT2D eigenvalue weighted by Gasteiger charge is -2.04. The summed E-state index contributed by atoms with van der Waals surface area (Å²) in [4.78, 5) is 13.0. The minimum atomic E-state index is 0.494. The van der Waals surface area contributed by atoms with Gasteiger partial charge in [0.1, 0.15) is 0 Å². The molecule has 0 unspecified atom stereocenters. The van der Waals surface area contributed by atoms with Crippen molar-refractivity contribution >= 4 is 21.5 Å². The largest absolute Gasteiger partial charge is 0.208 e. The van der Waals surface area contributed by atoms with Crippen LogP contribution in [0.25, 0.3) is 17.0 Å². The van der Waals surface area contributed by atoms with Crippen LogP contribution in [0.4, 0.5) is 0 Å². The first-order chi connectivity index (χ1) is 9.24. The second-order valence-corrected chi connectivity index (χ2v) is 4.39. The van der Waals surface area contributed by atoms with Gasteiger partial charge in [-0.05, 0) is 15.9 Å². The zero-order valence-corrected chi connectivity index (χ0v) is 11.8. The maximum Gasteiger partial charge on any atom is 0.200 e. The molecule has 0 fully saturated rings. The first kappa shape index (κ1) is 13.4. The Balaban J connectivity index is 2.55. The van der Waals surface area contributed by atoms with Gasteiger partial charge in [-0.15, -0.1) is 0 Å². The van der Waals surface area contributed by atoms with E-state index in [0.717, 1.165) is 11.1 Å². The second kappa shape index (κ2) is 6.20. The highest BCUT2D eigenvalue weighted by Crippen LogP contribution is 2.19. The third-order valence-electron chi connectivity index (χ3n) is 2.42. The second-order valence-electron chi connectivity index (χ2n) is 3.68. The smallest absolute Gasteiger partial charge is 0.200 e. The maximum absolute atomic E-state index is 4.45. The summed E-state index contributed by atoms with van der Waals surface area (Å²) in [5.74, 6) is 1.19. The fourth-order valence-electron chi connectivity index (χ4n) is 1.56. The van der Waals surface area contributed by atoms with Gasteiger partial charge in [0.15, 0.2) is 11.6 Å². The van der Waals surface area contributed by atoms with E-state index in [1.165, 1.54) is 0 Å². The highest BCUT2D eigenvalue weighted by atomic mass is 79.9. The normalized spacial score (nSPS) is 11.1. The molecule has 0 radical (unpaired) electrons. The molecule has 2 rings (SSSR count). The van der Waals surface area contributed by atoms with Gasteiger partial charge >= 0.3 is 0 Å². The van der Waals surface area contributed by atoms with Gasteiger partial charge < -0.3 is 0 Å². The van der Waals surface area contributed by atoms with E-state index in [-0.39, 0.29) is 0 Å². The molecule has 0 aliphatic rings. The summed E-state index contributed by atoms with van der Waals surface area (Å²) in [6.45, 7) is 7.43. The molecule has 0 aliphatic heterocycles. The average molecular weight is 314 g/mol. The molecule has 4 heteroatoms. The van der Waals surface area contributed by atoms with Crippen LogP contribution in [0, 0.1) is 0 Å². The molecule has 0 bridgehead atoms. The van der Waals surface area contributed by atoms with Crippen LogP contribution in [0.15, 0.2) is 66.5 Å². The molecule has 19 heavy (non-hydrogen) atoms. The van der Waals surface area contributed by atoms with Crippen molar-refractivity contribution in [2.24, 2.45) is 0 Å². The van der Waals surface area contributed by atoms with Gasteiger partial charge in [-0.1, -0.05) is 61.7 Å². The molecule has 0 atom stereocenters. The van der Waals surface area contributed by atoms with E-state index in [2.05, 4.69) is 44.0 Å². The van der Waals surface area contributed by atoms with E-state index in [1.54, 1.807) is 12.2 Å². The summed E-state index contributed by atoms with van der Waals surface area (Å²) < 4.78 is 0.494. The lowest BCUT2D eigenvalue weighted by Crippen LogP contribution is -1.99. The molecule has 0 N–H and O–H groups in total. The number of hydrogen-bond acceptors (Lipinski definition) is 3. The molecule has 0 aliphatic carbocycles. The molecule has 3 nitrogen and oxygen atoms in total. The number of allylic oxidation sites excluding steroid dienone is 4. The van der Waals surface area contributed by atoms with E-state index in [1.807, 2.05) is 36.4 Å².